The Morgan fingerprint density at radius 2 is 0.911 bits per heavy atom. The highest BCUT2D eigenvalue weighted by Gasteiger charge is 2.16. The maximum absolute atomic E-state index is 5.11. The summed E-state index contributed by atoms with van der Waals surface area (Å²) in [6, 6.07) is 58.4. The largest absolute Gasteiger partial charge is 0.232 e. The predicted octanol–water partition coefficient (Wildman–Crippen LogP) is 10.2. The number of aromatic nitrogens is 4. The summed E-state index contributed by atoms with van der Waals surface area (Å²) in [5, 5.41) is 6.21. The number of hydrogen-bond donors (Lipinski definition) is 0. The molecule has 0 bridgehead atoms. The lowest BCUT2D eigenvalue weighted by molar-refractivity contribution is 0.915. The zero-order valence-corrected chi connectivity index (χ0v) is 24.5. The van der Waals surface area contributed by atoms with Crippen LogP contribution in [0.15, 0.2) is 170 Å². The molecule has 0 aliphatic heterocycles. The molecular formula is C41H28N4. The third-order valence-electron chi connectivity index (χ3n) is 8.07. The number of para-hydroxylation sites is 2. The van der Waals surface area contributed by atoms with Crippen molar-refractivity contribution in [3.63, 3.8) is 0 Å². The lowest BCUT2D eigenvalue weighted by atomic mass is 10.0. The summed E-state index contributed by atoms with van der Waals surface area (Å²) in [4.78, 5) is 10.1. The first kappa shape index (κ1) is 26.5. The zero-order valence-electron chi connectivity index (χ0n) is 24.5. The van der Waals surface area contributed by atoms with Crippen molar-refractivity contribution in [2.24, 2.45) is 0 Å². The van der Waals surface area contributed by atoms with Crippen LogP contribution in [0.2, 0.25) is 0 Å². The van der Waals surface area contributed by atoms with Crippen molar-refractivity contribution < 1.29 is 0 Å². The Balaban J connectivity index is 1.24. The average Bonchev–Trinajstić information content (AvgIpc) is 3.53. The SMILES string of the molecule is c1ccc(-c2ccc(-c3cc(-c4cccc(-c5nn(-c6ccccc6)c6ccccc56)c4)nc(-c4ccccc4)n3)cc2)cc1. The molecule has 4 nitrogen and oxygen atoms in total. The van der Waals surface area contributed by atoms with Crippen molar-refractivity contribution in [3.8, 4) is 62.0 Å². The molecule has 0 atom stereocenters. The van der Waals surface area contributed by atoms with Gasteiger partial charge in [-0.1, -0.05) is 140 Å². The van der Waals surface area contributed by atoms with E-state index in [9.17, 15) is 0 Å². The maximum atomic E-state index is 5.11. The first-order valence-electron chi connectivity index (χ1n) is 15.0. The van der Waals surface area contributed by atoms with Crippen LogP contribution in [0.4, 0.5) is 0 Å². The van der Waals surface area contributed by atoms with E-state index in [-0.39, 0.29) is 0 Å². The zero-order chi connectivity index (χ0) is 30.0. The summed E-state index contributed by atoms with van der Waals surface area (Å²) in [7, 11) is 0. The number of fused-ring (bicyclic) bond motifs is 1. The van der Waals surface area contributed by atoms with E-state index in [1.54, 1.807) is 0 Å². The molecule has 0 aliphatic rings. The third kappa shape index (κ3) is 5.19. The molecule has 0 N–H and O–H groups in total. The molecule has 0 saturated carbocycles. The molecule has 2 aromatic heterocycles. The smallest absolute Gasteiger partial charge is 0.160 e. The van der Waals surface area contributed by atoms with Gasteiger partial charge in [0.15, 0.2) is 5.82 Å². The molecule has 0 unspecified atom stereocenters. The van der Waals surface area contributed by atoms with Crippen LogP contribution in [0.1, 0.15) is 0 Å². The fourth-order valence-corrected chi connectivity index (χ4v) is 5.79. The lowest BCUT2D eigenvalue weighted by Gasteiger charge is -2.11. The molecule has 0 amide bonds. The highest BCUT2D eigenvalue weighted by Crippen LogP contribution is 2.34. The van der Waals surface area contributed by atoms with E-state index in [1.165, 1.54) is 11.1 Å². The van der Waals surface area contributed by atoms with Crippen molar-refractivity contribution in [2.75, 3.05) is 0 Å². The molecule has 0 radical (unpaired) electrons. The van der Waals surface area contributed by atoms with Crippen molar-refractivity contribution >= 4 is 10.9 Å². The summed E-state index contributed by atoms with van der Waals surface area (Å²) < 4.78 is 2.02. The predicted molar refractivity (Wildman–Crippen MR) is 184 cm³/mol. The van der Waals surface area contributed by atoms with Crippen LogP contribution in [-0.4, -0.2) is 19.7 Å². The van der Waals surface area contributed by atoms with E-state index in [4.69, 9.17) is 15.1 Å². The third-order valence-corrected chi connectivity index (χ3v) is 8.07. The minimum atomic E-state index is 0.694. The second-order valence-electron chi connectivity index (χ2n) is 11.0. The summed E-state index contributed by atoms with van der Waals surface area (Å²) in [5.74, 6) is 0.694. The molecule has 6 aromatic carbocycles. The van der Waals surface area contributed by atoms with Crippen LogP contribution in [0.3, 0.4) is 0 Å². The second-order valence-corrected chi connectivity index (χ2v) is 11.0. The fraction of sp³-hybridized carbons (Fsp3) is 0. The topological polar surface area (TPSA) is 43.6 Å². The quantitative estimate of drug-likeness (QED) is 0.198. The van der Waals surface area contributed by atoms with Crippen molar-refractivity contribution in [1.82, 2.24) is 19.7 Å². The van der Waals surface area contributed by atoms with Gasteiger partial charge in [0, 0.05) is 27.6 Å². The molecule has 0 spiro atoms. The average molecular weight is 577 g/mol. The Morgan fingerprint density at radius 1 is 0.378 bits per heavy atom. The molecule has 2 heterocycles. The van der Waals surface area contributed by atoms with Gasteiger partial charge in [0.2, 0.25) is 0 Å². The summed E-state index contributed by atoms with van der Waals surface area (Å²) >= 11 is 0. The molecule has 0 aliphatic carbocycles. The van der Waals surface area contributed by atoms with E-state index < -0.39 is 0 Å². The fourth-order valence-electron chi connectivity index (χ4n) is 5.79. The van der Waals surface area contributed by atoms with Gasteiger partial charge in [-0.25, -0.2) is 14.6 Å². The van der Waals surface area contributed by atoms with Gasteiger partial charge in [-0.05, 0) is 41.5 Å². The van der Waals surface area contributed by atoms with Crippen molar-refractivity contribution in [3.05, 3.63) is 170 Å². The van der Waals surface area contributed by atoms with Gasteiger partial charge >= 0.3 is 0 Å². The van der Waals surface area contributed by atoms with Crippen LogP contribution < -0.4 is 0 Å². The van der Waals surface area contributed by atoms with E-state index in [2.05, 4.69) is 127 Å². The minimum Gasteiger partial charge on any atom is -0.232 e. The monoisotopic (exact) mass is 576 g/mol. The Bertz CT molecular complexity index is 2240. The molecule has 8 aromatic rings. The van der Waals surface area contributed by atoms with Crippen LogP contribution in [-0.2, 0) is 0 Å². The summed E-state index contributed by atoms with van der Waals surface area (Å²) in [5.41, 5.74) is 11.2. The van der Waals surface area contributed by atoms with E-state index in [1.807, 2.05) is 47.1 Å². The highest BCUT2D eigenvalue weighted by molar-refractivity contribution is 5.95. The molecular weight excluding hydrogens is 548 g/mol. The number of rotatable bonds is 6. The highest BCUT2D eigenvalue weighted by atomic mass is 15.3. The van der Waals surface area contributed by atoms with Crippen LogP contribution in [0.25, 0.3) is 72.9 Å². The molecule has 4 heteroatoms. The van der Waals surface area contributed by atoms with Crippen molar-refractivity contribution in [2.45, 2.75) is 0 Å². The Hall–Kier alpha value is -6.13. The molecule has 0 saturated heterocycles. The van der Waals surface area contributed by atoms with Gasteiger partial charge < -0.3 is 0 Å². The van der Waals surface area contributed by atoms with Crippen molar-refractivity contribution in [1.29, 1.82) is 0 Å². The minimum absolute atomic E-state index is 0.694. The van der Waals surface area contributed by atoms with E-state index >= 15 is 0 Å². The number of hydrogen-bond acceptors (Lipinski definition) is 3. The molecule has 0 fully saturated rings. The van der Waals surface area contributed by atoms with Crippen LogP contribution >= 0.6 is 0 Å². The Labute approximate surface area is 262 Å². The van der Waals surface area contributed by atoms with Gasteiger partial charge in [-0.3, -0.25) is 0 Å². The first-order chi connectivity index (χ1) is 22.3. The van der Waals surface area contributed by atoms with Crippen LogP contribution in [0.5, 0.6) is 0 Å². The van der Waals surface area contributed by atoms with Gasteiger partial charge in [0.1, 0.15) is 5.69 Å². The Morgan fingerprint density at radius 3 is 1.64 bits per heavy atom. The van der Waals surface area contributed by atoms with Gasteiger partial charge in [-0.2, -0.15) is 5.10 Å². The van der Waals surface area contributed by atoms with Crippen LogP contribution in [0, 0.1) is 0 Å². The molecule has 8 rings (SSSR count). The number of nitrogens with zero attached hydrogens (tertiary/aromatic N) is 4. The number of benzene rings is 6. The standard InChI is InChI=1S/C41H28N4/c1-4-13-29(14-5-1)30-23-25-31(26-24-30)37-28-38(43-41(42-37)32-15-6-2-7-16-32)33-17-12-18-34(27-33)40-36-21-10-11-22-39(36)45(44-40)35-19-8-3-9-20-35/h1-28H. The normalized spacial score (nSPS) is 11.1. The molecule has 212 valence electrons. The Kier molecular flexibility index (Phi) is 6.78. The first-order valence-corrected chi connectivity index (χ1v) is 15.0. The summed E-state index contributed by atoms with van der Waals surface area (Å²) in [6.07, 6.45) is 0. The van der Waals surface area contributed by atoms with E-state index in [0.717, 1.165) is 55.9 Å². The van der Waals surface area contributed by atoms with Gasteiger partial charge in [0.05, 0.1) is 22.6 Å². The second kappa shape index (κ2) is 11.5. The maximum Gasteiger partial charge on any atom is 0.160 e. The van der Waals surface area contributed by atoms with Gasteiger partial charge in [-0.15, -0.1) is 0 Å². The van der Waals surface area contributed by atoms with Gasteiger partial charge in [0.25, 0.3) is 0 Å². The lowest BCUT2D eigenvalue weighted by Crippen LogP contribution is -1.97. The molecule has 45 heavy (non-hydrogen) atoms. The van der Waals surface area contributed by atoms with E-state index in [0.29, 0.717) is 5.82 Å². The summed E-state index contributed by atoms with van der Waals surface area (Å²) in [6.45, 7) is 0.